The van der Waals surface area contributed by atoms with Crippen LogP contribution in [0.5, 0.6) is 51.7 Å². The van der Waals surface area contributed by atoms with Crippen LogP contribution < -0.4 is 48.4 Å². The number of amides is 3. The first-order chi connectivity index (χ1) is 59.3. The minimum atomic E-state index is -1.02. The Morgan fingerprint density at radius 1 is 0.400 bits per heavy atom. The van der Waals surface area contributed by atoms with Crippen molar-refractivity contribution in [2.75, 3.05) is 88.7 Å². The van der Waals surface area contributed by atoms with Crippen molar-refractivity contribution in [2.24, 2.45) is 22.0 Å². The van der Waals surface area contributed by atoms with Gasteiger partial charge in [0.2, 0.25) is 17.3 Å². The number of likely N-dealkylation sites (tertiary alicyclic amines) is 3. The molecule has 3 saturated heterocycles. The third-order valence-corrected chi connectivity index (χ3v) is 23.2. The van der Waals surface area contributed by atoms with Gasteiger partial charge in [-0.1, -0.05) is 131 Å². The van der Waals surface area contributed by atoms with Crippen LogP contribution in [-0.4, -0.2) is 185 Å². The molecule has 6 aromatic rings. The van der Waals surface area contributed by atoms with Crippen molar-refractivity contribution in [3.8, 4) is 51.7 Å². The maximum atomic E-state index is 13.7. The summed E-state index contributed by atoms with van der Waals surface area (Å²) in [4.78, 5) is 119. The van der Waals surface area contributed by atoms with Gasteiger partial charge >= 0.3 is 17.9 Å². The molecule has 26 nitrogen and oxygen atoms in total. The van der Waals surface area contributed by atoms with Gasteiger partial charge in [-0.25, -0.2) is 14.4 Å². The number of aliphatic hydroxyl groups excluding tert-OH is 1. The highest BCUT2D eigenvalue weighted by Crippen LogP contribution is 2.38. The number of carboxylic acids is 1. The predicted molar refractivity (Wildman–Crippen MR) is 482 cm³/mol. The number of ketones is 3. The van der Waals surface area contributed by atoms with Gasteiger partial charge in [0.15, 0.2) is 34.5 Å². The highest BCUT2D eigenvalue weighted by Gasteiger charge is 2.44. The number of hydrogen-bond acceptors (Lipinski definition) is 22. The van der Waals surface area contributed by atoms with Crippen LogP contribution in [0.2, 0.25) is 0 Å². The summed E-state index contributed by atoms with van der Waals surface area (Å²) < 4.78 is 61.7. The first-order valence-corrected chi connectivity index (χ1v) is 43.7. The van der Waals surface area contributed by atoms with Gasteiger partial charge in [-0.15, -0.1) is 12.4 Å². The van der Waals surface area contributed by atoms with Crippen LogP contribution in [0.3, 0.4) is 0 Å². The second-order valence-electron chi connectivity index (χ2n) is 33.2. The van der Waals surface area contributed by atoms with E-state index in [-0.39, 0.29) is 12.4 Å². The number of methoxy groups -OCH3 is 6. The zero-order chi connectivity index (χ0) is 91.3. The number of carbonyl (C=O) groups is 9. The smallest absolute Gasteiger partial charge is 0.329 e. The van der Waals surface area contributed by atoms with Gasteiger partial charge in [-0.05, 0) is 235 Å². The molecule has 688 valence electrons. The van der Waals surface area contributed by atoms with Gasteiger partial charge in [-0.2, -0.15) is 0 Å². The molecule has 9 rings (SSSR count). The van der Waals surface area contributed by atoms with Gasteiger partial charge in [-0.3, -0.25) is 28.8 Å². The molecule has 3 heterocycles. The van der Waals surface area contributed by atoms with Crippen LogP contribution in [0.1, 0.15) is 237 Å². The number of Topliss-reactive ketones (excluding diaryl/α,β-unsaturated/α-hetero) is 3. The van der Waals surface area contributed by atoms with Crippen molar-refractivity contribution in [1.82, 2.24) is 14.7 Å². The molecular weight excluding hydrogens is 1620 g/mol. The average molecular weight is 1760 g/mol. The van der Waals surface area contributed by atoms with Crippen LogP contribution in [0.15, 0.2) is 127 Å². The molecule has 3 aliphatic rings. The quantitative estimate of drug-likeness (QED) is 0.0237. The van der Waals surface area contributed by atoms with E-state index in [4.69, 9.17) is 62.9 Å². The summed E-state index contributed by atoms with van der Waals surface area (Å²) in [6.45, 7) is 23.3. The molecule has 27 heteroatoms. The third kappa shape index (κ3) is 31.0. The molecule has 6 aromatic carbocycles. The number of benzene rings is 6. The molecule has 3 fully saturated rings. The van der Waals surface area contributed by atoms with Crippen molar-refractivity contribution in [3.63, 3.8) is 0 Å². The maximum Gasteiger partial charge on any atom is 0.329 e. The Balaban J connectivity index is 0.000000310. The number of aliphatic carboxylic acids is 1. The van der Waals surface area contributed by atoms with E-state index in [1.165, 1.54) is 14.7 Å². The number of carboxylic acid groups (broad SMARTS) is 1. The van der Waals surface area contributed by atoms with Gasteiger partial charge in [0, 0.05) is 42.4 Å². The molecule has 0 bridgehead atoms. The van der Waals surface area contributed by atoms with E-state index in [1.807, 2.05) is 155 Å². The lowest BCUT2D eigenvalue weighted by atomic mass is 9.84. The summed E-state index contributed by atoms with van der Waals surface area (Å²) >= 11 is 0. The number of nitrogens with zero attached hydrogens (tertiary/aromatic N) is 3. The Morgan fingerprint density at radius 2 is 0.704 bits per heavy atom. The van der Waals surface area contributed by atoms with Gasteiger partial charge in [0.05, 0.1) is 62.0 Å². The number of ether oxygens (including phenoxy) is 11. The third-order valence-electron chi connectivity index (χ3n) is 23.2. The number of halogens is 1. The van der Waals surface area contributed by atoms with Crippen LogP contribution >= 0.6 is 12.4 Å². The first kappa shape index (κ1) is 105. The number of nitrogens with two attached hydrogens (primary N) is 1. The lowest BCUT2D eigenvalue weighted by Crippen LogP contribution is -2.53. The molecule has 6 atom stereocenters. The molecule has 0 radical (unpaired) electrons. The summed E-state index contributed by atoms with van der Waals surface area (Å²) in [5, 5.41) is 19.5. The Bertz CT molecular complexity index is 4270. The molecule has 0 aromatic heterocycles. The Morgan fingerprint density at radius 3 is 1.02 bits per heavy atom. The zero-order valence-corrected chi connectivity index (χ0v) is 77.4. The highest BCUT2D eigenvalue weighted by atomic mass is 35.5. The minimum Gasteiger partial charge on any atom is -0.494 e. The van der Waals surface area contributed by atoms with Gasteiger partial charge < -0.3 is 82.8 Å². The number of aryl methyl sites for hydroxylation is 3. The Kier molecular flexibility index (Phi) is 44.1. The van der Waals surface area contributed by atoms with E-state index in [2.05, 4.69) is 6.92 Å². The molecule has 3 amide bonds. The van der Waals surface area contributed by atoms with E-state index >= 15 is 0 Å². The van der Waals surface area contributed by atoms with Crippen molar-refractivity contribution in [3.05, 3.63) is 161 Å². The van der Waals surface area contributed by atoms with Crippen LogP contribution in [0.4, 0.5) is 0 Å². The summed E-state index contributed by atoms with van der Waals surface area (Å²) in [5.74, 6) is 0.765. The summed E-state index contributed by atoms with van der Waals surface area (Å²) in [7, 11) is 9.60. The van der Waals surface area contributed by atoms with E-state index in [0.717, 1.165) is 96.9 Å². The molecule has 0 spiro atoms. The number of hydrogen-bond donors (Lipinski definition) is 3. The van der Waals surface area contributed by atoms with Crippen molar-refractivity contribution >= 4 is 65.4 Å². The molecular formula is C98H137ClN4O22. The van der Waals surface area contributed by atoms with Crippen LogP contribution in [0.25, 0.3) is 0 Å². The summed E-state index contributed by atoms with van der Waals surface area (Å²) in [5.41, 5.74) is 8.84. The first-order valence-electron chi connectivity index (χ1n) is 43.7. The molecule has 0 aliphatic carbocycles. The fourth-order valence-corrected chi connectivity index (χ4v) is 14.2. The van der Waals surface area contributed by atoms with Crippen molar-refractivity contribution < 1.29 is 105 Å². The second-order valence-corrected chi connectivity index (χ2v) is 33.2. The SMILES string of the molecule is CCC(C)(C)C(=O)C(=O)N1CCCC[C@H]1C(=O)O.CCC(C)(C)C(=O)C(=O)N1CCCC[C@H]1C(=O)O[C@H](CCc1ccc(OC)c(OC)c1)c1cccc(OCCN)c1.CCCOc1cccc([C@@H](CCc2ccc(OC)c(OC)c2)OC(=O)[C@@H]2CCCCN2C(=O)C(=O)C(C)(C)CC)c1.CCCOc1cccc([C@H](O)CCc2ccc(OC)c(OC)c2)c1.Cl. The predicted octanol–water partition coefficient (Wildman–Crippen LogP) is 16.8. The highest BCUT2D eigenvalue weighted by molar-refractivity contribution is 6.39. The van der Waals surface area contributed by atoms with E-state index < -0.39 is 106 Å². The average Bonchev–Trinajstić information content (AvgIpc) is 0.805. The van der Waals surface area contributed by atoms with Crippen molar-refractivity contribution in [2.45, 2.75) is 241 Å². The van der Waals surface area contributed by atoms with Gasteiger partial charge in [0.25, 0.3) is 17.7 Å². The molecule has 0 unspecified atom stereocenters. The standard InChI is InChI=1S/C33H45NO7.C32H44N2O7.C20H26O4.C13H21NO4.ClH/c1-7-20-40-25-13-11-12-24(22-25)27(17-15-23-16-18-28(38-5)29(21-23)39-6)41-32(37)26-14-9-10-19-34(26)31(36)30(35)33(3,4)8-2;1-6-32(2,3)29(35)30(36)34-18-8-7-12-25(34)31(37)41-26(23-10-9-11-24(21-23)40-19-17-33)15-13-22-14-16-27(38-4)28(20-22)39-5;1-4-12-24-17-7-5-6-16(14-17)18(21)10-8-15-9-11-19(22-2)20(13-15)23-3;1-4-13(2,3)10(15)11(16)14-8-6-5-7-9(14)12(17)18;/h11-13,16,18,21-22,26-27H,7-10,14-15,17,19-20H2,1-6H3;9-11,14,16,20-21,25-26H,6-8,12-13,15,17-19,33H2,1-5H3;5-7,9,11,13-14,18,21H,4,8,10,12H2,1-3H3;9H,4-8H2,1-3H3,(H,17,18);1H/t26-,27+;25-,26+;18-;9-;/m0010./s1. The minimum absolute atomic E-state index is 0. The lowest BCUT2D eigenvalue weighted by molar-refractivity contribution is -0.165. The largest absolute Gasteiger partial charge is 0.494 e. The molecule has 125 heavy (non-hydrogen) atoms. The number of esters is 2. The van der Waals surface area contributed by atoms with E-state index in [9.17, 15) is 48.3 Å². The van der Waals surface area contributed by atoms with E-state index in [1.54, 1.807) is 84.2 Å². The monoisotopic (exact) mass is 1760 g/mol. The Hall–Kier alpha value is -10.4. The molecule has 0 saturated carbocycles. The normalized spacial score (nSPS) is 15.8. The number of aliphatic hydroxyl groups is 1. The zero-order valence-electron chi connectivity index (χ0n) is 76.6. The van der Waals surface area contributed by atoms with Gasteiger partial charge in [0.1, 0.15) is 54.2 Å². The second kappa shape index (κ2) is 52.5. The lowest BCUT2D eigenvalue weighted by Gasteiger charge is -2.36. The maximum absolute atomic E-state index is 13.7. The fourth-order valence-electron chi connectivity index (χ4n) is 14.2. The summed E-state index contributed by atoms with van der Waals surface area (Å²) in [6.07, 6.45) is 11.2. The van der Waals surface area contributed by atoms with Crippen molar-refractivity contribution in [1.29, 1.82) is 0 Å². The van der Waals surface area contributed by atoms with Crippen LogP contribution in [-0.2, 0) is 71.9 Å². The number of carbonyl (C=O) groups excluding carboxylic acids is 8. The fraction of sp³-hybridized carbons (Fsp3) is 0.541. The number of piperidine rings is 3. The van der Waals surface area contributed by atoms with E-state index in [0.29, 0.717) is 163 Å². The summed E-state index contributed by atoms with van der Waals surface area (Å²) in [6, 6.07) is 37.5. The Labute approximate surface area is 745 Å². The molecule has 3 aliphatic heterocycles. The molecule has 4 N–H and O–H groups in total. The van der Waals surface area contributed by atoms with Crippen LogP contribution in [0, 0.1) is 16.2 Å². The number of rotatable bonds is 41. The topological polar surface area (TPSA) is 331 Å².